The molecule has 1 fully saturated rings. The summed E-state index contributed by atoms with van der Waals surface area (Å²) in [6.07, 6.45) is 15.4. The number of hydrogen-bond acceptors (Lipinski definition) is 4. The summed E-state index contributed by atoms with van der Waals surface area (Å²) in [6.45, 7) is 8.25. The predicted molar refractivity (Wildman–Crippen MR) is 134 cm³/mol. The molecule has 0 saturated heterocycles. The van der Waals surface area contributed by atoms with Crippen LogP contribution >= 0.6 is 0 Å². The van der Waals surface area contributed by atoms with E-state index in [0.717, 1.165) is 44.2 Å². The van der Waals surface area contributed by atoms with Crippen molar-refractivity contribution in [3.8, 4) is 0 Å². The number of carbonyl (C=O) groups is 2. The van der Waals surface area contributed by atoms with Gasteiger partial charge in [0.05, 0.1) is 12.2 Å². The van der Waals surface area contributed by atoms with E-state index in [2.05, 4.69) is 23.5 Å². The Kier molecular flexibility index (Phi) is 9.38. The first-order valence-corrected chi connectivity index (χ1v) is 12.0. The maximum atomic E-state index is 13.3. The largest absolute Gasteiger partial charge is 0.349 e. The fraction of sp³-hybridized carbons (Fsp3) is 0.407. The van der Waals surface area contributed by atoms with Crippen LogP contribution in [0.4, 0.5) is 0 Å². The summed E-state index contributed by atoms with van der Waals surface area (Å²) >= 11 is 0. The zero-order chi connectivity index (χ0) is 24.3. The van der Waals surface area contributed by atoms with Gasteiger partial charge in [0.15, 0.2) is 0 Å². The summed E-state index contributed by atoms with van der Waals surface area (Å²) < 4.78 is 1.68. The Morgan fingerprint density at radius 2 is 1.68 bits per heavy atom. The van der Waals surface area contributed by atoms with E-state index in [-0.39, 0.29) is 30.3 Å². The lowest BCUT2D eigenvalue weighted by Crippen LogP contribution is -2.41. The number of aromatic nitrogens is 2. The molecule has 2 amide bonds. The molecule has 2 aromatic heterocycles. The van der Waals surface area contributed by atoms with Gasteiger partial charge in [0.2, 0.25) is 5.43 Å². The normalized spacial score (nSPS) is 14.5. The smallest absolute Gasteiger partial charge is 0.259 e. The minimum absolute atomic E-state index is 0.0269. The number of nitrogens with zero attached hydrogens (tertiary/aromatic N) is 3. The van der Waals surface area contributed by atoms with Crippen molar-refractivity contribution < 1.29 is 9.59 Å². The van der Waals surface area contributed by atoms with Crippen molar-refractivity contribution >= 4 is 11.8 Å². The third-order valence-corrected chi connectivity index (χ3v) is 6.05. The summed E-state index contributed by atoms with van der Waals surface area (Å²) in [5.74, 6) is -0.890. The molecule has 1 N–H and O–H groups in total. The molecule has 0 unspecified atom stereocenters. The SMILES string of the molecule is C=CCN(CC=C)C(=O)c1cn(Cc2ccccn2)cc(C(=O)NC2CCCCCCC2)c1=O. The molecule has 180 valence electrons. The molecule has 3 rings (SSSR count). The van der Waals surface area contributed by atoms with Gasteiger partial charge in [-0.15, -0.1) is 13.2 Å². The summed E-state index contributed by atoms with van der Waals surface area (Å²) in [5.41, 5.74) is 0.111. The highest BCUT2D eigenvalue weighted by atomic mass is 16.2. The van der Waals surface area contributed by atoms with Crippen LogP contribution < -0.4 is 10.7 Å². The Morgan fingerprint density at radius 1 is 1.03 bits per heavy atom. The summed E-state index contributed by atoms with van der Waals surface area (Å²) in [4.78, 5) is 45.7. The molecule has 0 radical (unpaired) electrons. The summed E-state index contributed by atoms with van der Waals surface area (Å²) in [5, 5.41) is 3.06. The maximum absolute atomic E-state index is 13.3. The molecule has 7 heteroatoms. The van der Waals surface area contributed by atoms with E-state index in [1.807, 2.05) is 18.2 Å². The van der Waals surface area contributed by atoms with Crippen LogP contribution in [0, 0.1) is 0 Å². The number of carbonyl (C=O) groups excluding carboxylic acids is 2. The van der Waals surface area contributed by atoms with Gasteiger partial charge >= 0.3 is 0 Å². The van der Waals surface area contributed by atoms with Crippen LogP contribution in [0.5, 0.6) is 0 Å². The second kappa shape index (κ2) is 12.7. The van der Waals surface area contributed by atoms with Gasteiger partial charge in [-0.1, -0.05) is 50.3 Å². The standard InChI is InChI=1S/C27H34N4O3/c1-3-16-31(17-4-2)27(34)24-20-30(18-22-14-10-11-15-28-22)19-23(25(24)32)26(33)29-21-12-8-6-5-7-9-13-21/h3-4,10-11,14-15,19-21H,1-2,5-9,12-13,16-18H2,(H,29,33). The molecule has 0 atom stereocenters. The van der Waals surface area contributed by atoms with Crippen molar-refractivity contribution in [1.82, 2.24) is 19.8 Å². The first-order chi connectivity index (χ1) is 16.5. The van der Waals surface area contributed by atoms with Gasteiger partial charge in [0, 0.05) is 37.7 Å². The highest BCUT2D eigenvalue weighted by Crippen LogP contribution is 2.17. The number of nitrogens with one attached hydrogen (secondary N) is 1. The first kappa shape index (κ1) is 25.1. The molecule has 0 aliphatic heterocycles. The van der Waals surface area contributed by atoms with Gasteiger partial charge in [0.1, 0.15) is 11.1 Å². The molecule has 1 saturated carbocycles. The lowest BCUT2D eigenvalue weighted by molar-refractivity contribution is 0.0788. The van der Waals surface area contributed by atoms with Crippen LogP contribution in [-0.4, -0.2) is 45.4 Å². The van der Waals surface area contributed by atoms with Gasteiger partial charge < -0.3 is 14.8 Å². The molecule has 0 bridgehead atoms. The minimum atomic E-state index is -0.566. The molecular weight excluding hydrogens is 428 g/mol. The Labute approximate surface area is 201 Å². The number of pyridine rings is 2. The van der Waals surface area contributed by atoms with Gasteiger partial charge in [-0.2, -0.15) is 0 Å². The number of hydrogen-bond donors (Lipinski definition) is 1. The molecule has 1 aliphatic rings. The average Bonchev–Trinajstić information content (AvgIpc) is 2.81. The summed E-state index contributed by atoms with van der Waals surface area (Å²) in [7, 11) is 0. The van der Waals surface area contributed by atoms with Gasteiger partial charge in [0.25, 0.3) is 11.8 Å². The van der Waals surface area contributed by atoms with E-state index in [4.69, 9.17) is 0 Å². The van der Waals surface area contributed by atoms with Gasteiger partial charge in [-0.25, -0.2) is 0 Å². The van der Waals surface area contributed by atoms with Crippen LogP contribution in [0.15, 0.2) is 66.9 Å². The lowest BCUT2D eigenvalue weighted by atomic mass is 9.96. The fourth-order valence-corrected chi connectivity index (χ4v) is 4.30. The van der Waals surface area contributed by atoms with E-state index in [0.29, 0.717) is 6.54 Å². The minimum Gasteiger partial charge on any atom is -0.349 e. The average molecular weight is 463 g/mol. The van der Waals surface area contributed by atoms with Crippen LogP contribution in [0.25, 0.3) is 0 Å². The third kappa shape index (κ3) is 6.76. The van der Waals surface area contributed by atoms with E-state index < -0.39 is 17.2 Å². The molecule has 7 nitrogen and oxygen atoms in total. The van der Waals surface area contributed by atoms with Gasteiger partial charge in [-0.05, 0) is 25.0 Å². The second-order valence-electron chi connectivity index (χ2n) is 8.71. The molecule has 2 aromatic rings. The van der Waals surface area contributed by atoms with Crippen molar-refractivity contribution in [2.45, 2.75) is 57.5 Å². The first-order valence-electron chi connectivity index (χ1n) is 12.0. The molecule has 0 spiro atoms. The quantitative estimate of drug-likeness (QED) is 0.572. The van der Waals surface area contributed by atoms with Crippen LogP contribution in [0.1, 0.15) is 71.4 Å². The monoisotopic (exact) mass is 462 g/mol. The molecule has 34 heavy (non-hydrogen) atoms. The highest BCUT2D eigenvalue weighted by Gasteiger charge is 2.24. The van der Waals surface area contributed by atoms with Crippen LogP contribution in [0.3, 0.4) is 0 Å². The summed E-state index contributed by atoms with van der Waals surface area (Å²) in [6, 6.07) is 5.58. The highest BCUT2D eigenvalue weighted by molar-refractivity contribution is 5.99. The third-order valence-electron chi connectivity index (χ3n) is 6.05. The lowest BCUT2D eigenvalue weighted by Gasteiger charge is -2.22. The van der Waals surface area contributed by atoms with E-state index in [1.165, 1.54) is 23.7 Å². The molecule has 1 aliphatic carbocycles. The maximum Gasteiger partial charge on any atom is 0.259 e. The molecule has 2 heterocycles. The van der Waals surface area contributed by atoms with E-state index in [1.54, 1.807) is 22.9 Å². The van der Waals surface area contributed by atoms with Crippen molar-refractivity contribution in [3.63, 3.8) is 0 Å². The molecule has 0 aromatic carbocycles. The van der Waals surface area contributed by atoms with Crippen LogP contribution in [0.2, 0.25) is 0 Å². The van der Waals surface area contributed by atoms with Crippen molar-refractivity contribution in [2.75, 3.05) is 13.1 Å². The zero-order valence-electron chi connectivity index (χ0n) is 19.7. The Morgan fingerprint density at radius 3 is 2.29 bits per heavy atom. The van der Waals surface area contributed by atoms with Crippen molar-refractivity contribution in [3.05, 3.63) is 89.1 Å². The second-order valence-corrected chi connectivity index (χ2v) is 8.71. The zero-order valence-corrected chi connectivity index (χ0v) is 19.7. The topological polar surface area (TPSA) is 84.3 Å². The van der Waals surface area contributed by atoms with Crippen molar-refractivity contribution in [1.29, 1.82) is 0 Å². The predicted octanol–water partition coefficient (Wildman–Crippen LogP) is 3.95. The molecular formula is C27H34N4O3. The Balaban J connectivity index is 1.96. The number of amides is 2. The van der Waals surface area contributed by atoms with E-state index >= 15 is 0 Å². The van der Waals surface area contributed by atoms with E-state index in [9.17, 15) is 14.4 Å². The van der Waals surface area contributed by atoms with Crippen molar-refractivity contribution in [2.24, 2.45) is 0 Å². The Bertz CT molecular complexity index is 1040. The number of rotatable bonds is 9. The van der Waals surface area contributed by atoms with Crippen LogP contribution in [-0.2, 0) is 6.54 Å². The van der Waals surface area contributed by atoms with Gasteiger partial charge in [-0.3, -0.25) is 19.4 Å². The fourth-order valence-electron chi connectivity index (χ4n) is 4.30. The Hall–Kier alpha value is -3.48.